The van der Waals surface area contributed by atoms with Gasteiger partial charge in [-0.2, -0.15) is 0 Å². The molecule has 26 heavy (non-hydrogen) atoms. The van der Waals surface area contributed by atoms with E-state index in [1.165, 1.54) is 11.1 Å². The molecule has 0 spiro atoms. The highest BCUT2D eigenvalue weighted by Gasteiger charge is 2.60. The largest absolute Gasteiger partial charge is 0.508 e. The van der Waals surface area contributed by atoms with Gasteiger partial charge >= 0.3 is 0 Å². The van der Waals surface area contributed by atoms with Crippen LogP contribution in [0.1, 0.15) is 56.6 Å². The third-order valence-corrected chi connectivity index (χ3v) is 7.62. The molecule has 0 aromatic heterocycles. The van der Waals surface area contributed by atoms with E-state index in [-0.39, 0.29) is 23.3 Å². The first-order valence-electron chi connectivity index (χ1n) is 10.1. The SMILES string of the molecule is CCNC(=O)[C@H]1C[C@H](OC)[C@@]2(C)CC[C@@H]3c4ccc(O)cc4CC[C@H]3[C@H]12. The Balaban J connectivity index is 1.71. The van der Waals surface area contributed by atoms with Crippen LogP contribution >= 0.6 is 0 Å². The zero-order valence-corrected chi connectivity index (χ0v) is 16.1. The maximum absolute atomic E-state index is 12.9. The van der Waals surface area contributed by atoms with E-state index in [0.29, 0.717) is 30.0 Å². The van der Waals surface area contributed by atoms with Gasteiger partial charge in [0.1, 0.15) is 5.75 Å². The molecule has 4 nitrogen and oxygen atoms in total. The van der Waals surface area contributed by atoms with Gasteiger partial charge in [-0.1, -0.05) is 13.0 Å². The van der Waals surface area contributed by atoms with Crippen molar-refractivity contribution in [1.29, 1.82) is 0 Å². The van der Waals surface area contributed by atoms with Gasteiger partial charge in [-0.05, 0) is 85.5 Å². The number of phenolic OH excluding ortho intramolecular Hbond substituents is 1. The number of nitrogens with one attached hydrogen (secondary N) is 1. The van der Waals surface area contributed by atoms with Crippen LogP contribution in [0.2, 0.25) is 0 Å². The maximum atomic E-state index is 12.9. The number of hydrogen-bond acceptors (Lipinski definition) is 3. The van der Waals surface area contributed by atoms with E-state index in [1.54, 1.807) is 7.11 Å². The molecule has 2 fully saturated rings. The van der Waals surface area contributed by atoms with Gasteiger partial charge in [-0.15, -0.1) is 0 Å². The molecule has 0 heterocycles. The Hall–Kier alpha value is -1.55. The highest BCUT2D eigenvalue weighted by Crippen LogP contribution is 2.63. The molecule has 0 unspecified atom stereocenters. The average molecular weight is 357 g/mol. The van der Waals surface area contributed by atoms with Crippen LogP contribution in [0.4, 0.5) is 0 Å². The fourth-order valence-electron chi connectivity index (χ4n) is 6.57. The van der Waals surface area contributed by atoms with Crippen LogP contribution in [-0.2, 0) is 16.0 Å². The molecule has 4 rings (SSSR count). The second-order valence-electron chi connectivity index (χ2n) is 8.72. The number of methoxy groups -OCH3 is 1. The summed E-state index contributed by atoms with van der Waals surface area (Å²) in [7, 11) is 1.80. The molecular formula is C22H31NO3. The third-order valence-electron chi connectivity index (χ3n) is 7.62. The number of fused-ring (bicyclic) bond motifs is 5. The minimum Gasteiger partial charge on any atom is -0.508 e. The fourth-order valence-corrected chi connectivity index (χ4v) is 6.57. The lowest BCUT2D eigenvalue weighted by atomic mass is 9.54. The molecule has 3 aliphatic rings. The van der Waals surface area contributed by atoms with Crippen molar-refractivity contribution in [3.05, 3.63) is 29.3 Å². The molecule has 2 N–H and O–H groups in total. The fraction of sp³-hybridized carbons (Fsp3) is 0.682. The van der Waals surface area contributed by atoms with Gasteiger partial charge in [0.05, 0.1) is 6.10 Å². The van der Waals surface area contributed by atoms with Crippen molar-refractivity contribution < 1.29 is 14.6 Å². The monoisotopic (exact) mass is 357 g/mol. The van der Waals surface area contributed by atoms with E-state index >= 15 is 0 Å². The Morgan fingerprint density at radius 1 is 1.38 bits per heavy atom. The molecule has 2 saturated carbocycles. The molecule has 0 saturated heterocycles. The zero-order chi connectivity index (χ0) is 18.5. The van der Waals surface area contributed by atoms with Gasteiger partial charge in [0, 0.05) is 19.6 Å². The van der Waals surface area contributed by atoms with Crippen molar-refractivity contribution in [3.8, 4) is 5.75 Å². The first-order chi connectivity index (χ1) is 12.5. The Morgan fingerprint density at radius 2 is 2.19 bits per heavy atom. The van der Waals surface area contributed by atoms with Gasteiger partial charge in [-0.25, -0.2) is 0 Å². The van der Waals surface area contributed by atoms with Crippen LogP contribution in [0, 0.1) is 23.2 Å². The zero-order valence-electron chi connectivity index (χ0n) is 16.1. The molecule has 142 valence electrons. The van der Waals surface area contributed by atoms with Crippen molar-refractivity contribution >= 4 is 5.91 Å². The van der Waals surface area contributed by atoms with E-state index in [2.05, 4.69) is 18.3 Å². The molecule has 1 aromatic carbocycles. The van der Waals surface area contributed by atoms with Crippen LogP contribution in [0.5, 0.6) is 5.75 Å². The van der Waals surface area contributed by atoms with Crippen LogP contribution < -0.4 is 5.32 Å². The Morgan fingerprint density at radius 3 is 2.92 bits per heavy atom. The van der Waals surface area contributed by atoms with E-state index in [0.717, 1.165) is 32.1 Å². The number of carbonyl (C=O) groups excluding carboxylic acids is 1. The van der Waals surface area contributed by atoms with Gasteiger partial charge in [0.15, 0.2) is 0 Å². The minimum absolute atomic E-state index is 0.0522. The summed E-state index contributed by atoms with van der Waals surface area (Å²) in [5.41, 5.74) is 2.78. The predicted octanol–water partition coefficient (Wildman–Crippen LogP) is 3.63. The highest BCUT2D eigenvalue weighted by molar-refractivity contribution is 5.79. The van der Waals surface area contributed by atoms with Gasteiger partial charge in [0.25, 0.3) is 0 Å². The van der Waals surface area contributed by atoms with Crippen LogP contribution in [0.3, 0.4) is 0 Å². The van der Waals surface area contributed by atoms with Crippen molar-refractivity contribution in [3.63, 3.8) is 0 Å². The molecule has 0 bridgehead atoms. The molecule has 3 aliphatic carbocycles. The van der Waals surface area contributed by atoms with Crippen molar-refractivity contribution in [1.82, 2.24) is 5.32 Å². The van der Waals surface area contributed by atoms with Gasteiger partial charge in [-0.3, -0.25) is 4.79 Å². The summed E-state index contributed by atoms with van der Waals surface area (Å²) >= 11 is 0. The standard InChI is InChI=1S/C22H31NO3/c1-4-23-21(25)18-12-19(26-3)22(2)10-9-16-15-8-6-14(24)11-13(15)5-7-17(16)20(18)22/h6,8,11,16-20,24H,4-5,7,9-10,12H2,1-3H3,(H,23,25)/t16-,17-,18+,19+,20-,22-/m1/s1. The summed E-state index contributed by atoms with van der Waals surface area (Å²) in [6.07, 6.45) is 5.37. The molecule has 0 radical (unpaired) electrons. The maximum Gasteiger partial charge on any atom is 0.223 e. The molecule has 4 heteroatoms. The summed E-state index contributed by atoms with van der Waals surface area (Å²) in [6, 6.07) is 5.88. The lowest BCUT2D eigenvalue weighted by Gasteiger charge is -2.51. The lowest BCUT2D eigenvalue weighted by Crippen LogP contribution is -2.47. The second kappa shape index (κ2) is 6.56. The number of ether oxygens (including phenoxy) is 1. The van der Waals surface area contributed by atoms with Crippen LogP contribution in [0.25, 0.3) is 0 Å². The molecule has 1 aromatic rings. The van der Waals surface area contributed by atoms with E-state index in [9.17, 15) is 9.90 Å². The number of rotatable bonds is 3. The molecule has 0 aliphatic heterocycles. The summed E-state index contributed by atoms with van der Waals surface area (Å²) in [6.45, 7) is 5.03. The number of benzene rings is 1. The predicted molar refractivity (Wildman–Crippen MR) is 101 cm³/mol. The number of hydrogen-bond donors (Lipinski definition) is 2. The Kier molecular flexibility index (Phi) is 4.50. The van der Waals surface area contributed by atoms with E-state index in [4.69, 9.17) is 4.74 Å². The lowest BCUT2D eigenvalue weighted by molar-refractivity contribution is -0.128. The molecule has 1 amide bonds. The molecule has 6 atom stereocenters. The summed E-state index contributed by atoms with van der Waals surface area (Å²) in [4.78, 5) is 12.9. The second-order valence-corrected chi connectivity index (χ2v) is 8.72. The van der Waals surface area contributed by atoms with E-state index in [1.807, 2.05) is 19.1 Å². The van der Waals surface area contributed by atoms with Crippen molar-refractivity contribution in [2.24, 2.45) is 23.2 Å². The topological polar surface area (TPSA) is 58.6 Å². The third kappa shape index (κ3) is 2.57. The number of aryl methyl sites for hydroxylation is 1. The van der Waals surface area contributed by atoms with Gasteiger partial charge in [0.2, 0.25) is 5.91 Å². The summed E-state index contributed by atoms with van der Waals surface area (Å²) < 4.78 is 5.89. The first-order valence-corrected chi connectivity index (χ1v) is 10.1. The Bertz CT molecular complexity index is 703. The normalized spacial score (nSPS) is 38.2. The number of amides is 1. The summed E-state index contributed by atoms with van der Waals surface area (Å²) in [5.74, 6) is 2.03. The van der Waals surface area contributed by atoms with Crippen molar-refractivity contribution in [2.75, 3.05) is 13.7 Å². The van der Waals surface area contributed by atoms with Crippen molar-refractivity contribution in [2.45, 2.75) is 58.0 Å². The summed E-state index contributed by atoms with van der Waals surface area (Å²) in [5, 5.41) is 12.9. The van der Waals surface area contributed by atoms with Gasteiger partial charge < -0.3 is 15.2 Å². The number of carbonyl (C=O) groups is 1. The Labute approximate surface area is 156 Å². The highest BCUT2D eigenvalue weighted by atomic mass is 16.5. The minimum atomic E-state index is 0.0522. The number of aromatic hydroxyl groups is 1. The quantitative estimate of drug-likeness (QED) is 0.868. The number of phenols is 1. The average Bonchev–Trinajstić information content (AvgIpc) is 2.94. The van der Waals surface area contributed by atoms with Crippen LogP contribution in [-0.4, -0.2) is 30.8 Å². The van der Waals surface area contributed by atoms with E-state index < -0.39 is 0 Å². The molecular weight excluding hydrogens is 326 g/mol. The first kappa shape index (κ1) is 17.8. The van der Waals surface area contributed by atoms with Crippen LogP contribution in [0.15, 0.2) is 18.2 Å². The smallest absolute Gasteiger partial charge is 0.223 e.